The summed E-state index contributed by atoms with van der Waals surface area (Å²) in [5.74, 6) is -0.198. The molecular formula is C23H20ClN3O4S. The van der Waals surface area contributed by atoms with Crippen molar-refractivity contribution in [1.82, 2.24) is 14.3 Å². The van der Waals surface area contributed by atoms with Crippen molar-refractivity contribution in [1.29, 1.82) is 0 Å². The quantitative estimate of drug-likeness (QED) is 0.459. The number of carbonyl (C=O) groups excluding carboxylic acids is 1. The van der Waals surface area contributed by atoms with E-state index >= 15 is 0 Å². The van der Waals surface area contributed by atoms with Gasteiger partial charge in [0.2, 0.25) is 10.0 Å². The van der Waals surface area contributed by atoms with Crippen molar-refractivity contribution in [2.45, 2.75) is 6.54 Å². The van der Waals surface area contributed by atoms with E-state index in [1.54, 1.807) is 19.2 Å². The first-order chi connectivity index (χ1) is 15.2. The van der Waals surface area contributed by atoms with Crippen LogP contribution in [0.5, 0.6) is 5.75 Å². The van der Waals surface area contributed by atoms with Crippen LogP contribution in [0.15, 0.2) is 66.7 Å². The first kappa shape index (κ1) is 21.9. The van der Waals surface area contributed by atoms with Crippen LogP contribution >= 0.6 is 11.6 Å². The molecule has 164 valence electrons. The second kappa shape index (κ2) is 8.64. The van der Waals surface area contributed by atoms with Gasteiger partial charge in [-0.2, -0.15) is 0 Å². The predicted octanol–water partition coefficient (Wildman–Crippen LogP) is 4.10. The highest BCUT2D eigenvalue weighted by Crippen LogP contribution is 2.35. The zero-order valence-electron chi connectivity index (χ0n) is 17.4. The summed E-state index contributed by atoms with van der Waals surface area (Å²) in [7, 11) is -2.12. The van der Waals surface area contributed by atoms with Crippen molar-refractivity contribution >= 4 is 38.4 Å². The van der Waals surface area contributed by atoms with Crippen molar-refractivity contribution < 1.29 is 17.9 Å². The van der Waals surface area contributed by atoms with Crippen LogP contribution in [0.4, 0.5) is 0 Å². The third kappa shape index (κ3) is 4.61. The number of nitrogens with one attached hydrogen (secondary N) is 1. The van der Waals surface area contributed by atoms with Crippen molar-refractivity contribution in [3.8, 4) is 17.0 Å². The summed E-state index contributed by atoms with van der Waals surface area (Å²) in [6.07, 6.45) is 0.921. The zero-order valence-corrected chi connectivity index (χ0v) is 18.9. The number of nitrogens with zero attached hydrogens (tertiary/aromatic N) is 2. The molecule has 2 aromatic heterocycles. The van der Waals surface area contributed by atoms with E-state index in [9.17, 15) is 13.2 Å². The predicted molar refractivity (Wildman–Crippen MR) is 125 cm³/mol. The van der Waals surface area contributed by atoms with Crippen LogP contribution in [-0.4, -0.2) is 37.2 Å². The molecule has 2 aromatic carbocycles. The molecule has 0 radical (unpaired) electrons. The molecule has 0 saturated heterocycles. The minimum absolute atomic E-state index is 0.0188. The summed E-state index contributed by atoms with van der Waals surface area (Å²) in [5, 5.41) is 1.42. The summed E-state index contributed by atoms with van der Waals surface area (Å²) in [5.41, 5.74) is 3.43. The number of hydrogen-bond acceptors (Lipinski definition) is 5. The van der Waals surface area contributed by atoms with Gasteiger partial charge in [-0.3, -0.25) is 4.79 Å². The molecule has 32 heavy (non-hydrogen) atoms. The summed E-state index contributed by atoms with van der Waals surface area (Å²) in [6, 6.07) is 20.6. The first-order valence-electron chi connectivity index (χ1n) is 9.65. The van der Waals surface area contributed by atoms with Gasteiger partial charge >= 0.3 is 0 Å². The highest BCUT2D eigenvalue weighted by Gasteiger charge is 2.16. The zero-order chi connectivity index (χ0) is 22.9. The maximum absolute atomic E-state index is 12.2. The van der Waals surface area contributed by atoms with Gasteiger partial charge in [0.15, 0.2) is 0 Å². The van der Waals surface area contributed by atoms with Crippen molar-refractivity contribution in [2.24, 2.45) is 0 Å². The molecule has 0 aliphatic heterocycles. The number of fused-ring (bicyclic) bond motifs is 1. The second-order valence-electron chi connectivity index (χ2n) is 7.24. The average Bonchev–Trinajstić information content (AvgIpc) is 3.10. The number of halogens is 1. The highest BCUT2D eigenvalue weighted by atomic mass is 35.5. The van der Waals surface area contributed by atoms with Crippen LogP contribution in [0.2, 0.25) is 5.02 Å². The van der Waals surface area contributed by atoms with Gasteiger partial charge in [0, 0.05) is 11.1 Å². The van der Waals surface area contributed by atoms with Gasteiger partial charge in [-0.1, -0.05) is 48.0 Å². The SMILES string of the molecule is COc1cc2cc(-c3ccccc3)n(Cc3cccc(C(=O)NS(C)(=O)=O)n3)c2cc1Cl. The van der Waals surface area contributed by atoms with E-state index in [1.807, 2.05) is 53.3 Å². The van der Waals surface area contributed by atoms with Crippen LogP contribution in [-0.2, 0) is 16.6 Å². The Labute approximate surface area is 190 Å². The molecule has 2 heterocycles. The molecule has 0 unspecified atom stereocenters. The number of methoxy groups -OCH3 is 1. The lowest BCUT2D eigenvalue weighted by Crippen LogP contribution is -2.30. The van der Waals surface area contributed by atoms with Crippen LogP contribution < -0.4 is 9.46 Å². The van der Waals surface area contributed by atoms with E-state index in [-0.39, 0.29) is 5.69 Å². The maximum Gasteiger partial charge on any atom is 0.283 e. The number of amides is 1. The van der Waals surface area contributed by atoms with Crippen molar-refractivity contribution in [2.75, 3.05) is 13.4 Å². The molecule has 0 bridgehead atoms. The number of ether oxygens (including phenoxy) is 1. The van der Waals surface area contributed by atoms with E-state index in [0.29, 0.717) is 23.0 Å². The smallest absolute Gasteiger partial charge is 0.283 e. The van der Waals surface area contributed by atoms with E-state index < -0.39 is 15.9 Å². The maximum atomic E-state index is 12.2. The Bertz CT molecular complexity index is 1420. The van der Waals surface area contributed by atoms with E-state index in [1.165, 1.54) is 6.07 Å². The Morgan fingerprint density at radius 3 is 2.53 bits per heavy atom. The van der Waals surface area contributed by atoms with Crippen molar-refractivity contribution in [3.63, 3.8) is 0 Å². The topological polar surface area (TPSA) is 90.3 Å². The van der Waals surface area contributed by atoms with E-state index in [0.717, 1.165) is 28.4 Å². The fraction of sp³-hybridized carbons (Fsp3) is 0.130. The summed E-state index contributed by atoms with van der Waals surface area (Å²) < 4.78 is 32.2. The number of aromatic nitrogens is 2. The first-order valence-corrected chi connectivity index (χ1v) is 11.9. The van der Waals surface area contributed by atoms with Crippen LogP contribution in [0.1, 0.15) is 16.2 Å². The van der Waals surface area contributed by atoms with Gasteiger partial charge in [-0.05, 0) is 35.9 Å². The molecule has 7 nitrogen and oxygen atoms in total. The molecule has 9 heteroatoms. The molecule has 0 atom stereocenters. The Morgan fingerprint density at radius 2 is 1.84 bits per heavy atom. The number of benzene rings is 2. The molecule has 1 N–H and O–H groups in total. The van der Waals surface area contributed by atoms with Crippen LogP contribution in [0.3, 0.4) is 0 Å². The Kier molecular flexibility index (Phi) is 5.90. The van der Waals surface area contributed by atoms with Crippen molar-refractivity contribution in [3.05, 3.63) is 83.1 Å². The Morgan fingerprint density at radius 1 is 1.09 bits per heavy atom. The molecule has 0 aliphatic rings. The van der Waals surface area contributed by atoms with Gasteiger partial charge in [0.05, 0.1) is 36.1 Å². The number of hydrogen-bond donors (Lipinski definition) is 1. The molecule has 0 aliphatic carbocycles. The lowest BCUT2D eigenvalue weighted by molar-refractivity contribution is 0.0976. The van der Waals surface area contributed by atoms with Gasteiger partial charge < -0.3 is 9.30 Å². The lowest BCUT2D eigenvalue weighted by Gasteiger charge is -2.12. The minimum Gasteiger partial charge on any atom is -0.495 e. The minimum atomic E-state index is -3.69. The molecule has 4 aromatic rings. The number of rotatable bonds is 6. The number of sulfonamides is 1. The summed E-state index contributed by atoms with van der Waals surface area (Å²) in [4.78, 5) is 16.6. The molecular weight excluding hydrogens is 450 g/mol. The lowest BCUT2D eigenvalue weighted by atomic mass is 10.1. The average molecular weight is 470 g/mol. The van der Waals surface area contributed by atoms with Gasteiger partial charge in [0.25, 0.3) is 5.91 Å². The van der Waals surface area contributed by atoms with E-state index in [4.69, 9.17) is 16.3 Å². The number of carbonyl (C=O) groups is 1. The fourth-order valence-corrected chi connectivity index (χ4v) is 4.19. The third-order valence-electron chi connectivity index (χ3n) is 4.88. The molecule has 1 amide bonds. The molecule has 0 saturated carbocycles. The summed E-state index contributed by atoms with van der Waals surface area (Å²) in [6.45, 7) is 0.344. The molecule has 0 spiro atoms. The molecule has 4 rings (SSSR count). The van der Waals surface area contributed by atoms with Crippen LogP contribution in [0, 0.1) is 0 Å². The monoisotopic (exact) mass is 469 g/mol. The summed E-state index contributed by atoms with van der Waals surface area (Å²) >= 11 is 6.40. The fourth-order valence-electron chi connectivity index (χ4n) is 3.51. The second-order valence-corrected chi connectivity index (χ2v) is 9.40. The normalized spacial score (nSPS) is 11.5. The Hall–Kier alpha value is -3.36. The van der Waals surface area contributed by atoms with Gasteiger partial charge in [-0.25, -0.2) is 18.1 Å². The standard InChI is InChI=1S/C23H20ClN3O4S/c1-31-22-12-16-11-20(15-7-4-3-5-8-15)27(21(16)13-18(22)24)14-17-9-6-10-19(25-17)23(28)26-32(2,29)30/h3-13H,14H2,1-2H3,(H,26,28). The Balaban J connectivity index is 1.81. The number of pyridine rings is 1. The molecule has 0 fully saturated rings. The van der Waals surface area contributed by atoms with Gasteiger partial charge in [0.1, 0.15) is 11.4 Å². The highest BCUT2D eigenvalue weighted by molar-refractivity contribution is 7.89. The van der Waals surface area contributed by atoms with E-state index in [2.05, 4.69) is 9.55 Å². The third-order valence-corrected chi connectivity index (χ3v) is 5.73. The van der Waals surface area contributed by atoms with Gasteiger partial charge in [-0.15, -0.1) is 0 Å². The largest absolute Gasteiger partial charge is 0.495 e. The van der Waals surface area contributed by atoms with Crippen LogP contribution in [0.25, 0.3) is 22.2 Å².